The van der Waals surface area contributed by atoms with Crippen LogP contribution < -0.4 is 5.32 Å². The zero-order chi connectivity index (χ0) is 28.5. The molecule has 0 aliphatic carbocycles. The summed E-state index contributed by atoms with van der Waals surface area (Å²) in [6, 6.07) is 13.8. The molecule has 214 valence electrons. The maximum absolute atomic E-state index is 12.5. The van der Waals surface area contributed by atoms with Gasteiger partial charge in [-0.05, 0) is 99.1 Å². The number of aryl methyl sites for hydroxylation is 1. The molecule has 2 aliphatic heterocycles. The predicted molar refractivity (Wildman–Crippen MR) is 159 cm³/mol. The van der Waals surface area contributed by atoms with Gasteiger partial charge in [0.15, 0.2) is 0 Å². The molecule has 0 aromatic heterocycles. The molecule has 2 aliphatic rings. The first-order valence-electron chi connectivity index (χ1n) is 13.9. The Balaban J connectivity index is 1.26. The molecule has 0 bridgehead atoms. The Morgan fingerprint density at radius 2 is 1.95 bits per heavy atom. The molecule has 1 unspecified atom stereocenters. The van der Waals surface area contributed by atoms with Crippen LogP contribution in [0.4, 0.5) is 0 Å². The summed E-state index contributed by atoms with van der Waals surface area (Å²) in [5.74, 6) is -0.149. The number of carbonyl (C=O) groups excluding carboxylic acids is 2. The lowest BCUT2D eigenvalue weighted by Gasteiger charge is -2.37. The SMILES string of the molecule is CNC(=O)C(CCC=O)N1Cc2c(CCCCCN3CCC(C#N)(c4cc(Cl)cc(Cl)c4)CC3)cccc2SO1. The average molecular weight is 604 g/mol. The zero-order valence-electron chi connectivity index (χ0n) is 22.8. The van der Waals surface area contributed by atoms with Gasteiger partial charge in [0.05, 0.1) is 30.1 Å². The molecule has 1 saturated heterocycles. The molecule has 1 fully saturated rings. The van der Waals surface area contributed by atoms with E-state index in [1.807, 2.05) is 12.1 Å². The third kappa shape index (κ3) is 7.58. The number of fused-ring (bicyclic) bond motifs is 1. The van der Waals surface area contributed by atoms with Gasteiger partial charge in [-0.3, -0.25) is 4.79 Å². The minimum absolute atomic E-state index is 0.149. The van der Waals surface area contributed by atoms with Crippen LogP contribution in [0.2, 0.25) is 10.0 Å². The van der Waals surface area contributed by atoms with Crippen molar-refractivity contribution < 1.29 is 13.9 Å². The summed E-state index contributed by atoms with van der Waals surface area (Å²) < 4.78 is 5.85. The van der Waals surface area contributed by atoms with Crippen molar-refractivity contribution in [1.29, 1.82) is 5.26 Å². The van der Waals surface area contributed by atoms with E-state index in [0.29, 0.717) is 29.4 Å². The Bertz CT molecular complexity index is 1210. The Morgan fingerprint density at radius 3 is 2.62 bits per heavy atom. The number of hydrogen-bond donors (Lipinski definition) is 1. The molecule has 1 atom stereocenters. The van der Waals surface area contributed by atoms with Crippen LogP contribution in [0, 0.1) is 11.3 Å². The summed E-state index contributed by atoms with van der Waals surface area (Å²) in [6.07, 6.45) is 7.36. The number of likely N-dealkylation sites (tertiary alicyclic amines) is 1. The minimum Gasteiger partial charge on any atom is -0.358 e. The van der Waals surface area contributed by atoms with Gasteiger partial charge in [0, 0.05) is 28.4 Å². The molecule has 2 heterocycles. The van der Waals surface area contributed by atoms with Gasteiger partial charge in [-0.2, -0.15) is 10.3 Å². The highest BCUT2D eigenvalue weighted by atomic mass is 35.5. The first-order valence-corrected chi connectivity index (χ1v) is 15.4. The highest BCUT2D eigenvalue weighted by molar-refractivity contribution is 7.94. The minimum atomic E-state index is -0.531. The second kappa shape index (κ2) is 14.7. The van der Waals surface area contributed by atoms with Gasteiger partial charge in [-0.15, -0.1) is 0 Å². The summed E-state index contributed by atoms with van der Waals surface area (Å²) in [4.78, 5) is 26.9. The fourth-order valence-corrected chi connectivity index (χ4v) is 6.90. The monoisotopic (exact) mass is 602 g/mol. The van der Waals surface area contributed by atoms with Crippen LogP contribution >= 0.6 is 35.2 Å². The van der Waals surface area contributed by atoms with Crippen molar-refractivity contribution in [3.63, 3.8) is 0 Å². The Hall–Kier alpha value is -2.12. The van der Waals surface area contributed by atoms with Crippen molar-refractivity contribution in [2.24, 2.45) is 0 Å². The first kappa shape index (κ1) is 30.8. The van der Waals surface area contributed by atoms with Gasteiger partial charge in [0.25, 0.3) is 0 Å². The quantitative estimate of drug-likeness (QED) is 0.178. The third-order valence-corrected chi connectivity index (χ3v) is 9.25. The number of nitrogens with zero attached hydrogens (tertiary/aromatic N) is 3. The smallest absolute Gasteiger partial charge is 0.239 e. The second-order valence-corrected chi connectivity index (χ2v) is 12.1. The molecule has 40 heavy (non-hydrogen) atoms. The number of rotatable bonds is 12. The normalized spacial score (nSPS) is 17.9. The number of piperidine rings is 1. The summed E-state index contributed by atoms with van der Waals surface area (Å²) in [7, 11) is 1.60. The highest BCUT2D eigenvalue weighted by Crippen LogP contribution is 2.38. The van der Waals surface area contributed by atoms with E-state index in [4.69, 9.17) is 27.5 Å². The average Bonchev–Trinajstić information content (AvgIpc) is 2.97. The largest absolute Gasteiger partial charge is 0.358 e. The molecule has 0 saturated carbocycles. The molecular formula is C30H36Cl2N4O3S. The summed E-state index contributed by atoms with van der Waals surface area (Å²) in [5, 5.41) is 15.6. The van der Waals surface area contributed by atoms with E-state index in [2.05, 4.69) is 34.5 Å². The van der Waals surface area contributed by atoms with Crippen LogP contribution in [-0.4, -0.2) is 54.9 Å². The standard InChI is InChI=1S/C30H36Cl2N4O3S/c1-34-29(38)27(9-6-16-37)36-20-26-22(8-5-10-28(26)40-39-36)7-3-2-4-13-35-14-11-30(21-33,12-15-35)23-17-24(31)19-25(32)18-23/h5,8,10,16-19,27H,2-4,6-7,9,11-15,20H2,1H3,(H,34,38). The van der Waals surface area contributed by atoms with Crippen LogP contribution in [0.1, 0.15) is 61.6 Å². The van der Waals surface area contributed by atoms with Crippen molar-refractivity contribution in [2.75, 3.05) is 26.7 Å². The van der Waals surface area contributed by atoms with Crippen molar-refractivity contribution in [1.82, 2.24) is 15.3 Å². The second-order valence-electron chi connectivity index (χ2n) is 10.5. The summed E-state index contributed by atoms with van der Waals surface area (Å²) >= 11 is 13.7. The van der Waals surface area contributed by atoms with Gasteiger partial charge in [-0.25, -0.2) is 4.28 Å². The molecule has 1 N–H and O–H groups in total. The van der Waals surface area contributed by atoms with Crippen molar-refractivity contribution in [2.45, 2.75) is 74.3 Å². The van der Waals surface area contributed by atoms with E-state index < -0.39 is 11.5 Å². The van der Waals surface area contributed by atoms with Gasteiger partial charge in [0.2, 0.25) is 5.91 Å². The number of halogens is 2. The van der Waals surface area contributed by atoms with E-state index >= 15 is 0 Å². The molecule has 10 heteroatoms. The van der Waals surface area contributed by atoms with Crippen LogP contribution in [0.3, 0.4) is 0 Å². The van der Waals surface area contributed by atoms with E-state index in [0.717, 1.165) is 74.9 Å². The maximum atomic E-state index is 12.5. The molecule has 7 nitrogen and oxygen atoms in total. The fraction of sp³-hybridized carbons (Fsp3) is 0.500. The zero-order valence-corrected chi connectivity index (χ0v) is 25.2. The first-order chi connectivity index (χ1) is 19.4. The summed E-state index contributed by atoms with van der Waals surface area (Å²) in [6.45, 7) is 3.30. The number of hydroxylamine groups is 2. The third-order valence-electron chi connectivity index (χ3n) is 7.98. The molecule has 2 aromatic rings. The van der Waals surface area contributed by atoms with Crippen molar-refractivity contribution in [3.05, 3.63) is 63.1 Å². The van der Waals surface area contributed by atoms with Gasteiger partial charge < -0.3 is 15.0 Å². The molecule has 1 amide bonds. The lowest BCUT2D eigenvalue weighted by Crippen LogP contribution is -2.45. The van der Waals surface area contributed by atoms with Gasteiger partial charge >= 0.3 is 0 Å². The number of carbonyl (C=O) groups is 2. The van der Waals surface area contributed by atoms with E-state index in [1.54, 1.807) is 18.2 Å². The predicted octanol–water partition coefficient (Wildman–Crippen LogP) is 6.11. The molecular weight excluding hydrogens is 567 g/mol. The molecule has 2 aromatic carbocycles. The van der Waals surface area contributed by atoms with Gasteiger partial charge in [0.1, 0.15) is 12.3 Å². The Morgan fingerprint density at radius 1 is 1.20 bits per heavy atom. The van der Waals surface area contributed by atoms with Crippen LogP contribution in [-0.2, 0) is 32.3 Å². The van der Waals surface area contributed by atoms with E-state index in [1.165, 1.54) is 23.2 Å². The van der Waals surface area contributed by atoms with Crippen LogP contribution in [0.5, 0.6) is 0 Å². The maximum Gasteiger partial charge on any atom is 0.239 e. The Kier molecular flexibility index (Phi) is 11.3. The number of aldehydes is 1. The lowest BCUT2D eigenvalue weighted by molar-refractivity contribution is -0.145. The highest BCUT2D eigenvalue weighted by Gasteiger charge is 2.37. The topological polar surface area (TPSA) is 85.7 Å². The number of unbranched alkanes of at least 4 members (excludes halogenated alkanes) is 2. The number of likely N-dealkylation sites (N-methyl/N-ethyl adjacent to an activating group) is 1. The van der Waals surface area contributed by atoms with Crippen molar-refractivity contribution in [3.8, 4) is 6.07 Å². The Labute approximate surface area is 251 Å². The number of hydrogen-bond acceptors (Lipinski definition) is 7. The lowest BCUT2D eigenvalue weighted by atomic mass is 9.74. The summed E-state index contributed by atoms with van der Waals surface area (Å²) in [5.41, 5.74) is 2.87. The van der Waals surface area contributed by atoms with Gasteiger partial charge in [-0.1, -0.05) is 41.8 Å². The van der Waals surface area contributed by atoms with Crippen LogP contribution in [0.25, 0.3) is 0 Å². The van der Waals surface area contributed by atoms with E-state index in [-0.39, 0.29) is 5.91 Å². The molecule has 4 rings (SSSR count). The van der Waals surface area contributed by atoms with E-state index in [9.17, 15) is 14.9 Å². The van der Waals surface area contributed by atoms with Crippen molar-refractivity contribution >= 4 is 47.4 Å². The molecule has 0 spiro atoms. The molecule has 0 radical (unpaired) electrons. The van der Waals surface area contributed by atoms with Crippen LogP contribution in [0.15, 0.2) is 41.3 Å². The number of nitriles is 1. The number of amides is 1. The number of nitrogens with one attached hydrogen (secondary N) is 1. The fourth-order valence-electron chi connectivity index (χ4n) is 5.61. The number of benzene rings is 2.